The Hall–Kier alpha value is -3.56. The van der Waals surface area contributed by atoms with E-state index in [1.54, 1.807) is 0 Å². The molecule has 0 unspecified atom stereocenters. The molecule has 0 spiro atoms. The second kappa shape index (κ2) is 7.36. The van der Waals surface area contributed by atoms with Crippen LogP contribution in [0.25, 0.3) is 0 Å². The molecule has 1 aromatic heterocycles. The predicted molar refractivity (Wildman–Crippen MR) is 98.6 cm³/mol. The number of amides is 2. The highest BCUT2D eigenvalue weighted by Gasteiger charge is 2.35. The number of carbonyl (C=O) groups is 2. The van der Waals surface area contributed by atoms with Crippen LogP contribution < -0.4 is 10.7 Å². The minimum atomic E-state index is -1.19. The van der Waals surface area contributed by atoms with Crippen LogP contribution >= 0.6 is 0 Å². The lowest BCUT2D eigenvalue weighted by Gasteiger charge is -2.33. The summed E-state index contributed by atoms with van der Waals surface area (Å²) in [5.74, 6) is -5.86. The van der Waals surface area contributed by atoms with Crippen molar-refractivity contribution < 1.29 is 27.9 Å². The lowest BCUT2D eigenvalue weighted by molar-refractivity contribution is 0.0687. The number of halogens is 3. The molecule has 0 radical (unpaired) electrons. The first kappa shape index (κ1) is 19.7. The number of nitrogens with zero attached hydrogens (tertiary/aromatic N) is 2. The van der Waals surface area contributed by atoms with Gasteiger partial charge >= 0.3 is 0 Å². The number of aromatic hydroxyl groups is 1. The van der Waals surface area contributed by atoms with Crippen LogP contribution in [-0.4, -0.2) is 39.5 Å². The van der Waals surface area contributed by atoms with Gasteiger partial charge in [0.05, 0.1) is 6.04 Å². The van der Waals surface area contributed by atoms with E-state index in [1.807, 2.05) is 12.2 Å². The largest absolute Gasteiger partial charge is 0.503 e. The molecule has 4 rings (SSSR count). The summed E-state index contributed by atoms with van der Waals surface area (Å²) in [6, 6.07) is 0.560. The quantitative estimate of drug-likeness (QED) is 0.743. The Morgan fingerprint density at radius 2 is 1.90 bits per heavy atom. The number of benzene rings is 1. The zero-order chi connectivity index (χ0) is 21.6. The number of hydrogen-bond donors (Lipinski definition) is 2. The fraction of sp³-hybridized carbons (Fsp3) is 0.250. The van der Waals surface area contributed by atoms with Crippen molar-refractivity contribution in [2.75, 3.05) is 13.1 Å². The Bertz CT molecular complexity index is 1140. The van der Waals surface area contributed by atoms with Crippen LogP contribution in [0.4, 0.5) is 13.2 Å². The van der Waals surface area contributed by atoms with Crippen LogP contribution in [0.3, 0.4) is 0 Å². The number of hydrogen-bond acceptors (Lipinski definition) is 4. The number of fused-ring (bicyclic) bond motifs is 4. The van der Waals surface area contributed by atoms with Gasteiger partial charge in [-0.3, -0.25) is 14.4 Å². The molecule has 2 N–H and O–H groups in total. The van der Waals surface area contributed by atoms with E-state index in [2.05, 4.69) is 5.32 Å². The van der Waals surface area contributed by atoms with Crippen LogP contribution in [0, 0.1) is 17.5 Å². The summed E-state index contributed by atoms with van der Waals surface area (Å²) in [4.78, 5) is 39.2. The number of carbonyl (C=O) groups excluding carboxylic acids is 2. The van der Waals surface area contributed by atoms with E-state index in [0.29, 0.717) is 31.6 Å². The average molecular weight is 419 g/mol. The van der Waals surface area contributed by atoms with Crippen molar-refractivity contribution in [2.45, 2.75) is 19.0 Å². The van der Waals surface area contributed by atoms with Gasteiger partial charge in [0.1, 0.15) is 23.0 Å². The standard InChI is InChI=1S/C20H16F3N3O4/c21-10-5-14(22)12(15(23)6-10)7-24-19(29)13-9-26-11-3-1-2-4-25(8-11)20(30)16(26)18(28)17(13)27/h1,3,5-6,9,11,28H,2,4,7-8H2,(H,24,29)/t11-/m0/s1. The van der Waals surface area contributed by atoms with Crippen LogP contribution in [0.15, 0.2) is 35.3 Å². The summed E-state index contributed by atoms with van der Waals surface area (Å²) in [6.45, 7) is 0.114. The summed E-state index contributed by atoms with van der Waals surface area (Å²) >= 11 is 0. The Morgan fingerprint density at radius 3 is 2.60 bits per heavy atom. The van der Waals surface area contributed by atoms with E-state index in [4.69, 9.17) is 0 Å². The molecule has 1 atom stereocenters. The van der Waals surface area contributed by atoms with E-state index < -0.39 is 58.1 Å². The first-order valence-electron chi connectivity index (χ1n) is 9.13. The number of aromatic nitrogens is 1. The van der Waals surface area contributed by atoms with Gasteiger partial charge in [-0.25, -0.2) is 13.2 Å². The number of nitrogens with one attached hydrogen (secondary N) is 1. The SMILES string of the molecule is O=C(NCc1c(F)cc(F)cc1F)c1cn2c(c(O)c1=O)C(=O)N1CCC=C[C@H]2C1. The molecule has 0 fully saturated rings. The lowest BCUT2D eigenvalue weighted by Crippen LogP contribution is -2.44. The maximum atomic E-state index is 13.8. The highest BCUT2D eigenvalue weighted by molar-refractivity contribution is 5.99. The highest BCUT2D eigenvalue weighted by atomic mass is 19.1. The van der Waals surface area contributed by atoms with E-state index in [0.717, 1.165) is 6.20 Å². The molecule has 2 bridgehead atoms. The van der Waals surface area contributed by atoms with Crippen molar-refractivity contribution in [3.05, 3.63) is 75.0 Å². The van der Waals surface area contributed by atoms with Gasteiger partial charge in [-0.1, -0.05) is 12.2 Å². The first-order chi connectivity index (χ1) is 14.3. The molecular formula is C20H16F3N3O4. The van der Waals surface area contributed by atoms with Crippen molar-refractivity contribution in [3.63, 3.8) is 0 Å². The lowest BCUT2D eigenvalue weighted by atomic mass is 10.1. The molecule has 2 aromatic rings. The van der Waals surface area contributed by atoms with Gasteiger partial charge in [0.25, 0.3) is 11.8 Å². The zero-order valence-corrected chi connectivity index (χ0v) is 15.5. The Morgan fingerprint density at radius 1 is 1.20 bits per heavy atom. The van der Waals surface area contributed by atoms with Gasteiger partial charge in [0, 0.05) is 43.5 Å². The Labute approximate surface area is 168 Å². The van der Waals surface area contributed by atoms with E-state index in [-0.39, 0.29) is 11.7 Å². The second-order valence-electron chi connectivity index (χ2n) is 7.04. The van der Waals surface area contributed by atoms with Crippen molar-refractivity contribution >= 4 is 11.8 Å². The van der Waals surface area contributed by atoms with Crippen LogP contribution in [0.5, 0.6) is 5.75 Å². The molecule has 2 aliphatic rings. The van der Waals surface area contributed by atoms with Crippen molar-refractivity contribution in [3.8, 4) is 5.75 Å². The molecule has 0 saturated carbocycles. The third-order valence-electron chi connectivity index (χ3n) is 5.16. The topological polar surface area (TPSA) is 91.6 Å². The normalized spacial score (nSPS) is 17.5. The Balaban J connectivity index is 1.68. The van der Waals surface area contributed by atoms with Gasteiger partial charge in [-0.05, 0) is 6.42 Å². The van der Waals surface area contributed by atoms with Gasteiger partial charge in [0.2, 0.25) is 5.43 Å². The minimum Gasteiger partial charge on any atom is -0.503 e. The molecule has 30 heavy (non-hydrogen) atoms. The first-order valence-corrected chi connectivity index (χ1v) is 9.13. The molecule has 10 heteroatoms. The number of pyridine rings is 1. The molecular weight excluding hydrogens is 403 g/mol. The molecule has 156 valence electrons. The third kappa shape index (κ3) is 3.23. The average Bonchev–Trinajstić information content (AvgIpc) is 2.91. The van der Waals surface area contributed by atoms with E-state index in [1.165, 1.54) is 9.47 Å². The molecule has 0 saturated heterocycles. The smallest absolute Gasteiger partial charge is 0.274 e. The van der Waals surface area contributed by atoms with Crippen molar-refractivity contribution in [2.24, 2.45) is 0 Å². The summed E-state index contributed by atoms with van der Waals surface area (Å²) in [7, 11) is 0. The molecule has 2 amide bonds. The monoisotopic (exact) mass is 419 g/mol. The maximum absolute atomic E-state index is 13.8. The maximum Gasteiger partial charge on any atom is 0.274 e. The van der Waals surface area contributed by atoms with Crippen molar-refractivity contribution in [1.29, 1.82) is 0 Å². The van der Waals surface area contributed by atoms with Gasteiger partial charge in [-0.2, -0.15) is 0 Å². The van der Waals surface area contributed by atoms with Gasteiger partial charge < -0.3 is 19.9 Å². The van der Waals surface area contributed by atoms with E-state index >= 15 is 0 Å². The predicted octanol–water partition coefficient (Wildman–Crippen LogP) is 1.86. The molecule has 2 aliphatic heterocycles. The summed E-state index contributed by atoms with van der Waals surface area (Å²) in [6.07, 6.45) is 5.44. The third-order valence-corrected chi connectivity index (χ3v) is 5.16. The van der Waals surface area contributed by atoms with Gasteiger partial charge in [0.15, 0.2) is 11.4 Å². The zero-order valence-electron chi connectivity index (χ0n) is 15.5. The second-order valence-corrected chi connectivity index (χ2v) is 7.04. The fourth-order valence-electron chi connectivity index (χ4n) is 3.64. The molecule has 0 aliphatic carbocycles. The van der Waals surface area contributed by atoms with E-state index in [9.17, 15) is 32.7 Å². The van der Waals surface area contributed by atoms with Crippen LogP contribution in [0.1, 0.15) is 38.9 Å². The molecule has 1 aromatic carbocycles. The van der Waals surface area contributed by atoms with Crippen molar-refractivity contribution in [1.82, 2.24) is 14.8 Å². The van der Waals surface area contributed by atoms with Crippen LogP contribution in [0.2, 0.25) is 0 Å². The molecule has 3 heterocycles. The summed E-state index contributed by atoms with van der Waals surface area (Å²) < 4.78 is 41.9. The number of rotatable bonds is 3. The fourth-order valence-corrected chi connectivity index (χ4v) is 3.64. The summed E-state index contributed by atoms with van der Waals surface area (Å²) in [5, 5.41) is 12.5. The molecule has 7 nitrogen and oxygen atoms in total. The highest BCUT2D eigenvalue weighted by Crippen LogP contribution is 2.29. The van der Waals surface area contributed by atoms with Gasteiger partial charge in [-0.15, -0.1) is 0 Å². The summed E-state index contributed by atoms with van der Waals surface area (Å²) in [5.41, 5.74) is -2.35. The van der Waals surface area contributed by atoms with Crippen LogP contribution in [-0.2, 0) is 6.54 Å². The Kier molecular flexibility index (Phi) is 4.84. The minimum absolute atomic E-state index is 0.213.